The highest BCUT2D eigenvalue weighted by Gasteiger charge is 2.45. The van der Waals surface area contributed by atoms with E-state index in [9.17, 15) is 14.4 Å². The Labute approximate surface area is 102 Å². The lowest BCUT2D eigenvalue weighted by Crippen LogP contribution is -2.17. The van der Waals surface area contributed by atoms with E-state index < -0.39 is 19.3 Å². The molecule has 0 aromatic heterocycles. The normalized spacial score (nSPS) is 15.1. The summed E-state index contributed by atoms with van der Waals surface area (Å²) >= 11 is 0. The summed E-state index contributed by atoms with van der Waals surface area (Å²) in [6.45, 7) is 0. The van der Waals surface area contributed by atoms with E-state index in [4.69, 9.17) is 4.65 Å². The van der Waals surface area contributed by atoms with E-state index >= 15 is 0 Å². The molecule has 1 aliphatic rings. The monoisotopic (exact) mass is 246 g/mol. The highest BCUT2D eigenvalue weighted by Crippen LogP contribution is 2.13. The Hall–Kier alpha value is -2.57. The molecule has 90 valence electrons. The molecule has 0 N–H and O–H groups in total. The zero-order valence-electron chi connectivity index (χ0n) is 9.07. The van der Waals surface area contributed by atoms with Crippen LogP contribution >= 0.6 is 0 Å². The van der Waals surface area contributed by atoms with E-state index in [1.54, 1.807) is 30.3 Å². The van der Waals surface area contributed by atoms with E-state index in [0.29, 0.717) is 11.8 Å². The lowest BCUT2D eigenvalue weighted by Gasteiger charge is -2.02. The molecule has 0 aliphatic carbocycles. The van der Waals surface area contributed by atoms with Crippen LogP contribution < -0.4 is 0 Å². The molecule has 1 fully saturated rings. The maximum atomic E-state index is 10.9. The molecule has 1 saturated heterocycles. The predicted molar refractivity (Wildman–Crippen MR) is 59.5 cm³/mol. The molecule has 1 aromatic carbocycles. The van der Waals surface area contributed by atoms with Crippen molar-refractivity contribution < 1.29 is 28.3 Å². The van der Waals surface area contributed by atoms with Crippen LogP contribution in [-0.2, 0) is 28.3 Å². The zero-order valence-corrected chi connectivity index (χ0v) is 9.07. The summed E-state index contributed by atoms with van der Waals surface area (Å²) in [4.78, 5) is 32.3. The third-order valence-electron chi connectivity index (χ3n) is 2.11. The van der Waals surface area contributed by atoms with E-state index in [-0.39, 0.29) is 5.57 Å². The molecule has 0 spiro atoms. The van der Waals surface area contributed by atoms with Crippen molar-refractivity contribution in [3.8, 4) is 0 Å². The van der Waals surface area contributed by atoms with Crippen molar-refractivity contribution in [1.82, 2.24) is 0 Å². The second-order valence-electron chi connectivity index (χ2n) is 3.29. The molecule has 1 heterocycles. The first-order valence-corrected chi connectivity index (χ1v) is 4.98. The van der Waals surface area contributed by atoms with Gasteiger partial charge in [-0.2, -0.15) is 0 Å². The van der Waals surface area contributed by atoms with Gasteiger partial charge < -0.3 is 14.0 Å². The van der Waals surface area contributed by atoms with Crippen LogP contribution in [0.15, 0.2) is 36.6 Å². The first kappa shape index (κ1) is 11.9. The van der Waals surface area contributed by atoms with Crippen LogP contribution in [0.1, 0.15) is 5.56 Å². The van der Waals surface area contributed by atoms with Crippen LogP contribution in [0.25, 0.3) is 5.57 Å². The van der Waals surface area contributed by atoms with E-state index in [1.807, 2.05) is 0 Å². The van der Waals surface area contributed by atoms with Gasteiger partial charge in [0.05, 0.1) is 11.8 Å². The van der Waals surface area contributed by atoms with Crippen molar-refractivity contribution in [3.63, 3.8) is 0 Å². The first-order valence-electron chi connectivity index (χ1n) is 4.98. The van der Waals surface area contributed by atoms with Gasteiger partial charge >= 0.3 is 19.3 Å². The molecule has 2 rings (SSSR count). The number of hydrogen-bond acceptors (Lipinski definition) is 6. The Kier molecular flexibility index (Phi) is 3.42. The van der Waals surface area contributed by atoms with Crippen molar-refractivity contribution in [2.75, 3.05) is 0 Å². The second kappa shape index (κ2) is 5.18. The Morgan fingerprint density at radius 1 is 1.11 bits per heavy atom. The van der Waals surface area contributed by atoms with E-state index in [0.717, 1.165) is 6.26 Å². The Bertz CT molecular complexity index is 494. The van der Waals surface area contributed by atoms with Gasteiger partial charge in [0, 0.05) is 0 Å². The number of aldehydes is 1. The minimum atomic E-state index is -1.44. The molecule has 1 aliphatic heterocycles. The molecule has 0 amide bonds. The number of hydrogen-bond donors (Lipinski definition) is 0. The maximum Gasteiger partial charge on any atom is 0.868 e. The summed E-state index contributed by atoms with van der Waals surface area (Å²) in [5.74, 6) is -2.25. The predicted octanol–water partition coefficient (Wildman–Crippen LogP) is 0.328. The van der Waals surface area contributed by atoms with Crippen molar-refractivity contribution in [3.05, 3.63) is 42.2 Å². The largest absolute Gasteiger partial charge is 0.868 e. The number of carbonyl (C=O) groups is 3. The van der Waals surface area contributed by atoms with Crippen LogP contribution in [0.3, 0.4) is 0 Å². The Balaban J connectivity index is 2.06. The summed E-state index contributed by atoms with van der Waals surface area (Å²) < 4.78 is 13.7. The van der Waals surface area contributed by atoms with Crippen LogP contribution in [0, 0.1) is 0 Å². The van der Waals surface area contributed by atoms with Crippen LogP contribution in [0.4, 0.5) is 0 Å². The quantitative estimate of drug-likeness (QED) is 0.250. The molecule has 0 atom stereocenters. The average Bonchev–Trinajstić information content (AvgIpc) is 2.71. The van der Waals surface area contributed by atoms with Gasteiger partial charge in [-0.1, -0.05) is 30.3 Å². The fourth-order valence-electron chi connectivity index (χ4n) is 1.27. The highest BCUT2D eigenvalue weighted by atomic mass is 16.8. The number of rotatable bonds is 4. The van der Waals surface area contributed by atoms with Crippen molar-refractivity contribution in [2.24, 2.45) is 0 Å². The average molecular weight is 246 g/mol. The second-order valence-corrected chi connectivity index (χ2v) is 3.29. The molecule has 6 nitrogen and oxygen atoms in total. The maximum absolute atomic E-state index is 10.9. The molecule has 1 aromatic rings. The molecular weight excluding hydrogens is 239 g/mol. The van der Waals surface area contributed by atoms with Gasteiger partial charge in [-0.25, -0.2) is 9.59 Å². The van der Waals surface area contributed by atoms with Gasteiger partial charge in [0.1, 0.15) is 0 Å². The van der Waals surface area contributed by atoms with Crippen molar-refractivity contribution in [1.29, 1.82) is 0 Å². The van der Waals surface area contributed by atoms with Crippen LogP contribution in [0.5, 0.6) is 0 Å². The van der Waals surface area contributed by atoms with Crippen LogP contribution in [0.2, 0.25) is 0 Å². The summed E-state index contributed by atoms with van der Waals surface area (Å²) in [7, 11) is -1.44. The zero-order chi connectivity index (χ0) is 13.0. The number of benzene rings is 1. The minimum Gasteiger partial charge on any atom is -0.495 e. The standard InChI is InChI=1S/C11H7BO6/c13-6-9(8-4-2-1-3-5-8)7-16-12-17-10(14)11(15)18-12/h1-7H. The highest BCUT2D eigenvalue weighted by molar-refractivity contribution is 6.55. The molecular formula is C11H7BO6. The first-order chi connectivity index (χ1) is 8.70. The fourth-order valence-corrected chi connectivity index (χ4v) is 1.27. The Morgan fingerprint density at radius 2 is 1.72 bits per heavy atom. The lowest BCUT2D eigenvalue weighted by molar-refractivity contribution is -0.150. The fraction of sp³-hybridized carbons (Fsp3) is 0. The number of carbonyl (C=O) groups excluding carboxylic acids is 3. The molecule has 0 radical (unpaired) electrons. The molecule has 0 bridgehead atoms. The van der Waals surface area contributed by atoms with Gasteiger partial charge in [0.2, 0.25) is 0 Å². The van der Waals surface area contributed by atoms with Gasteiger partial charge in [0.15, 0.2) is 6.29 Å². The van der Waals surface area contributed by atoms with Crippen molar-refractivity contribution in [2.45, 2.75) is 0 Å². The third kappa shape index (κ3) is 2.57. The molecule has 0 unspecified atom stereocenters. The molecule has 0 saturated carbocycles. The van der Waals surface area contributed by atoms with E-state index in [2.05, 4.69) is 9.31 Å². The van der Waals surface area contributed by atoms with Gasteiger partial charge in [0.25, 0.3) is 0 Å². The minimum absolute atomic E-state index is 0.231. The number of allylic oxidation sites excluding steroid dienone is 1. The van der Waals surface area contributed by atoms with Crippen LogP contribution in [-0.4, -0.2) is 25.5 Å². The summed E-state index contributed by atoms with van der Waals surface area (Å²) in [5, 5.41) is 0. The van der Waals surface area contributed by atoms with Gasteiger partial charge in [-0.15, -0.1) is 0 Å². The molecule has 7 heteroatoms. The third-order valence-corrected chi connectivity index (χ3v) is 2.11. The lowest BCUT2D eigenvalue weighted by atomic mass is 10.1. The summed E-state index contributed by atoms with van der Waals surface area (Å²) in [6.07, 6.45) is 1.65. The smallest absolute Gasteiger partial charge is 0.495 e. The summed E-state index contributed by atoms with van der Waals surface area (Å²) in [6, 6.07) is 8.71. The van der Waals surface area contributed by atoms with E-state index in [1.165, 1.54) is 0 Å². The van der Waals surface area contributed by atoms with Gasteiger partial charge in [-0.05, 0) is 5.56 Å². The Morgan fingerprint density at radius 3 is 2.28 bits per heavy atom. The van der Waals surface area contributed by atoms with Crippen molar-refractivity contribution >= 4 is 31.1 Å². The van der Waals surface area contributed by atoms with Gasteiger partial charge in [-0.3, -0.25) is 4.79 Å². The molecule has 18 heavy (non-hydrogen) atoms. The SMILES string of the molecule is O=CC(=COB1OC(=O)C(=O)O1)c1ccccc1. The summed E-state index contributed by atoms with van der Waals surface area (Å²) in [5.41, 5.74) is 0.859. The topological polar surface area (TPSA) is 78.9 Å².